The van der Waals surface area contributed by atoms with Crippen LogP contribution in [0.5, 0.6) is 0 Å². The van der Waals surface area contributed by atoms with E-state index in [1.54, 1.807) is 11.5 Å². The highest BCUT2D eigenvalue weighted by Gasteiger charge is 2.07. The van der Waals surface area contributed by atoms with E-state index in [1.807, 2.05) is 0 Å². The SMILES string of the molecule is [O-]Nc1ccc(Cl)c2nonc12. The molecule has 1 aromatic heterocycles. The zero-order chi connectivity index (χ0) is 8.55. The third-order valence-corrected chi connectivity index (χ3v) is 1.78. The molecule has 0 amide bonds. The van der Waals surface area contributed by atoms with Crippen LogP contribution >= 0.6 is 11.6 Å². The third kappa shape index (κ3) is 0.910. The number of rotatable bonds is 1. The summed E-state index contributed by atoms with van der Waals surface area (Å²) in [5.41, 5.74) is 2.75. The number of hydrogen-bond acceptors (Lipinski definition) is 5. The molecule has 0 unspecified atom stereocenters. The first-order valence-electron chi connectivity index (χ1n) is 3.12. The molecule has 0 atom stereocenters. The van der Waals surface area contributed by atoms with Gasteiger partial charge in [0.2, 0.25) is 0 Å². The molecule has 6 heteroatoms. The number of benzene rings is 1. The number of nitrogens with one attached hydrogen (secondary N) is 1. The molecule has 12 heavy (non-hydrogen) atoms. The Kier molecular flexibility index (Phi) is 1.60. The van der Waals surface area contributed by atoms with Gasteiger partial charge in [-0.05, 0) is 22.4 Å². The maximum absolute atomic E-state index is 10.4. The van der Waals surface area contributed by atoms with Crippen LogP contribution in [0.1, 0.15) is 0 Å². The zero-order valence-corrected chi connectivity index (χ0v) is 6.50. The molecule has 2 rings (SSSR count). The van der Waals surface area contributed by atoms with Crippen molar-refractivity contribution in [3.05, 3.63) is 22.4 Å². The summed E-state index contributed by atoms with van der Waals surface area (Å²) < 4.78 is 4.42. The molecule has 1 heterocycles. The van der Waals surface area contributed by atoms with Gasteiger partial charge in [0, 0.05) is 0 Å². The molecule has 0 fully saturated rings. The molecule has 0 aliphatic carbocycles. The van der Waals surface area contributed by atoms with Crippen molar-refractivity contribution in [3.63, 3.8) is 0 Å². The molecule has 2 aromatic rings. The van der Waals surface area contributed by atoms with Crippen molar-refractivity contribution in [1.29, 1.82) is 0 Å². The Hall–Kier alpha value is -1.33. The monoisotopic (exact) mass is 184 g/mol. The van der Waals surface area contributed by atoms with Crippen LogP contribution in [0.3, 0.4) is 0 Å². The number of nitrogens with zero attached hydrogens (tertiary/aromatic N) is 2. The molecule has 5 nitrogen and oxygen atoms in total. The lowest BCUT2D eigenvalue weighted by Gasteiger charge is -2.07. The van der Waals surface area contributed by atoms with Crippen molar-refractivity contribution in [1.82, 2.24) is 10.3 Å². The van der Waals surface area contributed by atoms with Crippen LogP contribution in [0.4, 0.5) is 5.69 Å². The van der Waals surface area contributed by atoms with Gasteiger partial charge < -0.3 is 10.7 Å². The first-order valence-corrected chi connectivity index (χ1v) is 3.49. The normalized spacial score (nSPS) is 10.5. The Morgan fingerprint density at radius 2 is 2.08 bits per heavy atom. The Morgan fingerprint density at radius 1 is 1.33 bits per heavy atom. The highest BCUT2D eigenvalue weighted by atomic mass is 35.5. The maximum atomic E-state index is 10.4. The van der Waals surface area contributed by atoms with Gasteiger partial charge in [-0.25, -0.2) is 4.63 Å². The van der Waals surface area contributed by atoms with Crippen LogP contribution in [0.2, 0.25) is 5.02 Å². The smallest absolute Gasteiger partial charge is 0.159 e. The van der Waals surface area contributed by atoms with Crippen molar-refractivity contribution in [3.8, 4) is 0 Å². The molecule has 0 aliphatic heterocycles. The van der Waals surface area contributed by atoms with E-state index in [9.17, 15) is 5.21 Å². The van der Waals surface area contributed by atoms with Gasteiger partial charge in [0.05, 0.1) is 10.7 Å². The summed E-state index contributed by atoms with van der Waals surface area (Å²) >= 11 is 5.74. The third-order valence-electron chi connectivity index (χ3n) is 1.48. The number of aromatic nitrogens is 2. The minimum Gasteiger partial charge on any atom is -0.761 e. The Balaban J connectivity index is 2.82. The first kappa shape index (κ1) is 7.33. The second kappa shape index (κ2) is 2.62. The van der Waals surface area contributed by atoms with Crippen molar-refractivity contribution < 1.29 is 4.63 Å². The second-order valence-corrected chi connectivity index (χ2v) is 2.57. The largest absolute Gasteiger partial charge is 0.761 e. The number of fused-ring (bicyclic) bond motifs is 1. The van der Waals surface area contributed by atoms with Gasteiger partial charge in [-0.3, -0.25) is 0 Å². The highest BCUT2D eigenvalue weighted by Crippen LogP contribution is 2.26. The second-order valence-electron chi connectivity index (χ2n) is 2.16. The molecule has 0 bridgehead atoms. The number of halogens is 1. The Labute approximate surface area is 71.9 Å². The summed E-state index contributed by atoms with van der Waals surface area (Å²) in [6, 6.07) is 3.07. The number of hydrogen-bond donors (Lipinski definition) is 1. The van der Waals surface area contributed by atoms with Gasteiger partial charge in [-0.1, -0.05) is 11.6 Å². The molecule has 1 aromatic carbocycles. The Bertz CT molecular complexity index is 414. The standard InChI is InChI=1S/C6H3ClN3O2/c7-3-1-2-4(8-11)6-5(3)9-12-10-6/h1-2,8H/q-1. The van der Waals surface area contributed by atoms with Gasteiger partial charge in [0.25, 0.3) is 0 Å². The van der Waals surface area contributed by atoms with E-state index in [1.165, 1.54) is 6.07 Å². The van der Waals surface area contributed by atoms with Crippen LogP contribution in [0.25, 0.3) is 11.0 Å². The molecule has 0 spiro atoms. The summed E-state index contributed by atoms with van der Waals surface area (Å²) in [5, 5.41) is 17.8. The van der Waals surface area contributed by atoms with Crippen LogP contribution in [-0.2, 0) is 0 Å². The van der Waals surface area contributed by atoms with Crippen molar-refractivity contribution in [2.75, 3.05) is 5.48 Å². The zero-order valence-electron chi connectivity index (χ0n) is 5.74. The van der Waals surface area contributed by atoms with E-state index in [4.69, 9.17) is 11.6 Å². The van der Waals surface area contributed by atoms with Gasteiger partial charge in [-0.2, -0.15) is 0 Å². The Morgan fingerprint density at radius 3 is 2.83 bits per heavy atom. The van der Waals surface area contributed by atoms with Gasteiger partial charge in [0.15, 0.2) is 11.0 Å². The van der Waals surface area contributed by atoms with E-state index in [-0.39, 0.29) is 0 Å². The van der Waals surface area contributed by atoms with Gasteiger partial charge >= 0.3 is 0 Å². The van der Waals surface area contributed by atoms with Crippen molar-refractivity contribution >= 4 is 28.3 Å². The quantitative estimate of drug-likeness (QED) is 0.684. The summed E-state index contributed by atoms with van der Waals surface area (Å²) in [6.45, 7) is 0. The van der Waals surface area contributed by atoms with Crippen LogP contribution in [-0.4, -0.2) is 10.3 Å². The van der Waals surface area contributed by atoms with Crippen molar-refractivity contribution in [2.24, 2.45) is 0 Å². The lowest BCUT2D eigenvalue weighted by Crippen LogP contribution is -1.86. The predicted molar refractivity (Wildman–Crippen MR) is 43.8 cm³/mol. The van der Waals surface area contributed by atoms with Gasteiger partial charge in [-0.15, -0.1) is 0 Å². The fourth-order valence-corrected chi connectivity index (χ4v) is 1.11. The summed E-state index contributed by atoms with van der Waals surface area (Å²) in [7, 11) is 0. The molecular weight excluding hydrogens is 182 g/mol. The van der Waals surface area contributed by atoms with E-state index in [0.717, 1.165) is 0 Å². The average molecular weight is 185 g/mol. The molecular formula is C6H3ClN3O2-. The number of anilines is 1. The molecule has 0 aliphatic rings. The molecule has 0 saturated carbocycles. The summed E-state index contributed by atoms with van der Waals surface area (Å²) in [6.07, 6.45) is 0. The highest BCUT2D eigenvalue weighted by molar-refractivity contribution is 6.35. The molecule has 62 valence electrons. The van der Waals surface area contributed by atoms with E-state index >= 15 is 0 Å². The maximum Gasteiger partial charge on any atom is 0.159 e. The fraction of sp³-hybridized carbons (Fsp3) is 0. The minimum absolute atomic E-state index is 0.302. The van der Waals surface area contributed by atoms with E-state index in [2.05, 4.69) is 14.9 Å². The molecule has 1 N–H and O–H groups in total. The fourth-order valence-electron chi connectivity index (χ4n) is 0.919. The van der Waals surface area contributed by atoms with Crippen LogP contribution in [0, 0.1) is 5.21 Å². The molecule has 0 radical (unpaired) electrons. The molecule has 0 saturated heterocycles. The minimum atomic E-state index is 0.302. The summed E-state index contributed by atoms with van der Waals surface area (Å²) in [4.78, 5) is 0. The first-order chi connectivity index (χ1) is 5.83. The van der Waals surface area contributed by atoms with Gasteiger partial charge in [0.1, 0.15) is 0 Å². The van der Waals surface area contributed by atoms with Crippen LogP contribution in [0.15, 0.2) is 16.8 Å². The average Bonchev–Trinajstić information content (AvgIpc) is 2.54. The summed E-state index contributed by atoms with van der Waals surface area (Å²) in [5.74, 6) is 0. The van der Waals surface area contributed by atoms with Crippen LogP contribution < -0.4 is 5.48 Å². The predicted octanol–water partition coefficient (Wildman–Crippen LogP) is 1.79. The lowest BCUT2D eigenvalue weighted by molar-refractivity contribution is 0.315. The lowest BCUT2D eigenvalue weighted by atomic mass is 10.3. The van der Waals surface area contributed by atoms with E-state index < -0.39 is 0 Å². The topological polar surface area (TPSA) is 74.0 Å². The van der Waals surface area contributed by atoms with Crippen molar-refractivity contribution in [2.45, 2.75) is 0 Å². The van der Waals surface area contributed by atoms with E-state index in [0.29, 0.717) is 21.7 Å².